The summed E-state index contributed by atoms with van der Waals surface area (Å²) < 4.78 is 5.10. The van der Waals surface area contributed by atoms with Crippen LogP contribution in [0.4, 0.5) is 4.79 Å². The van der Waals surface area contributed by atoms with Gasteiger partial charge in [0, 0.05) is 42.2 Å². The van der Waals surface area contributed by atoms with Gasteiger partial charge < -0.3 is 19.9 Å². The third-order valence-corrected chi connectivity index (χ3v) is 8.43. The number of hydrogen-bond acceptors (Lipinski definition) is 6. The molecule has 2 aliphatic heterocycles. The fourth-order valence-electron chi connectivity index (χ4n) is 6.53. The van der Waals surface area contributed by atoms with Crippen LogP contribution in [0.5, 0.6) is 0 Å². The Labute approximate surface area is 232 Å². The lowest BCUT2D eigenvalue weighted by Gasteiger charge is -2.44. The Morgan fingerprint density at radius 1 is 1.15 bits per heavy atom. The van der Waals surface area contributed by atoms with E-state index in [4.69, 9.17) is 4.74 Å². The number of nitrogens with zero attached hydrogens (tertiary/aromatic N) is 2. The van der Waals surface area contributed by atoms with Crippen molar-refractivity contribution in [2.75, 3.05) is 7.11 Å². The normalized spacial score (nSPS) is 24.3. The largest absolute Gasteiger partial charge is 0.453 e. The maximum atomic E-state index is 13.4. The van der Waals surface area contributed by atoms with E-state index in [0.29, 0.717) is 24.6 Å². The number of unbranched alkanes of at least 4 members (excludes halogenated alkanes) is 1. The predicted octanol–water partition coefficient (Wildman–Crippen LogP) is 4.45. The van der Waals surface area contributed by atoms with Gasteiger partial charge in [-0.3, -0.25) is 19.7 Å². The minimum absolute atomic E-state index is 0.0929. The number of fused-ring (bicyclic) bond motifs is 1. The fourth-order valence-corrected chi connectivity index (χ4v) is 6.53. The number of carbonyl (C=O) groups is 4. The molecule has 4 amide bonds. The molecular weight excluding hydrogens is 496 g/mol. The SMILES string of the molecule is CCCC[C@@H](NC1CCC(N(C(=O)OC)C(C)(C)C)CC1)c1cccc2c1CN([C@@H]1CCC(=O)NC1=O)C2=O. The van der Waals surface area contributed by atoms with E-state index in [1.807, 2.05) is 37.8 Å². The number of amides is 4. The molecule has 9 nitrogen and oxygen atoms in total. The Hall–Kier alpha value is -2.94. The molecule has 2 fully saturated rings. The summed E-state index contributed by atoms with van der Waals surface area (Å²) in [5, 5.41) is 6.30. The second-order valence-corrected chi connectivity index (χ2v) is 12.2. The van der Waals surface area contributed by atoms with Crippen LogP contribution < -0.4 is 10.6 Å². The molecule has 39 heavy (non-hydrogen) atoms. The van der Waals surface area contributed by atoms with E-state index < -0.39 is 6.04 Å². The first-order valence-electron chi connectivity index (χ1n) is 14.4. The lowest BCUT2D eigenvalue weighted by atomic mass is 9.86. The van der Waals surface area contributed by atoms with Crippen molar-refractivity contribution in [3.63, 3.8) is 0 Å². The Balaban J connectivity index is 1.49. The van der Waals surface area contributed by atoms with Gasteiger partial charge in [0.25, 0.3) is 5.91 Å². The lowest BCUT2D eigenvalue weighted by molar-refractivity contribution is -0.136. The monoisotopic (exact) mass is 540 g/mol. The number of rotatable bonds is 8. The topological polar surface area (TPSA) is 108 Å². The van der Waals surface area contributed by atoms with Crippen molar-refractivity contribution in [1.29, 1.82) is 0 Å². The van der Waals surface area contributed by atoms with Crippen molar-refractivity contribution in [3.8, 4) is 0 Å². The number of ether oxygens (including phenoxy) is 1. The van der Waals surface area contributed by atoms with E-state index >= 15 is 0 Å². The highest BCUT2D eigenvalue weighted by atomic mass is 16.5. The van der Waals surface area contributed by atoms with Gasteiger partial charge in [0.05, 0.1) is 7.11 Å². The van der Waals surface area contributed by atoms with Crippen LogP contribution in [-0.4, -0.2) is 64.4 Å². The summed E-state index contributed by atoms with van der Waals surface area (Å²) in [6.45, 7) is 8.70. The predicted molar refractivity (Wildman–Crippen MR) is 148 cm³/mol. The van der Waals surface area contributed by atoms with Crippen molar-refractivity contribution in [1.82, 2.24) is 20.4 Å². The summed E-state index contributed by atoms with van der Waals surface area (Å²) in [6.07, 6.45) is 7.12. The van der Waals surface area contributed by atoms with Crippen LogP contribution in [0.25, 0.3) is 0 Å². The molecule has 214 valence electrons. The first-order chi connectivity index (χ1) is 18.5. The quantitative estimate of drug-likeness (QED) is 0.472. The molecule has 1 saturated heterocycles. The number of piperidine rings is 1. The van der Waals surface area contributed by atoms with E-state index in [1.54, 1.807) is 4.90 Å². The molecule has 1 aliphatic carbocycles. The first kappa shape index (κ1) is 29.1. The average molecular weight is 541 g/mol. The highest BCUT2D eigenvalue weighted by molar-refractivity contribution is 6.05. The van der Waals surface area contributed by atoms with Crippen molar-refractivity contribution in [3.05, 3.63) is 34.9 Å². The molecule has 1 aromatic carbocycles. The van der Waals surface area contributed by atoms with Crippen molar-refractivity contribution < 1.29 is 23.9 Å². The van der Waals surface area contributed by atoms with Crippen LogP contribution in [0.2, 0.25) is 0 Å². The van der Waals surface area contributed by atoms with Crippen LogP contribution in [-0.2, 0) is 20.9 Å². The average Bonchev–Trinajstić information content (AvgIpc) is 3.23. The van der Waals surface area contributed by atoms with Crippen LogP contribution in [0.3, 0.4) is 0 Å². The molecule has 0 spiro atoms. The Morgan fingerprint density at radius 3 is 2.49 bits per heavy atom. The highest BCUT2D eigenvalue weighted by Crippen LogP contribution is 2.36. The van der Waals surface area contributed by atoms with Gasteiger partial charge in [0.1, 0.15) is 6.04 Å². The second-order valence-electron chi connectivity index (χ2n) is 12.2. The third kappa shape index (κ3) is 6.29. The molecule has 0 aromatic heterocycles. The van der Waals surface area contributed by atoms with Gasteiger partial charge in [0.2, 0.25) is 11.8 Å². The number of benzene rings is 1. The molecule has 0 radical (unpaired) electrons. The summed E-state index contributed by atoms with van der Waals surface area (Å²) >= 11 is 0. The van der Waals surface area contributed by atoms with E-state index in [1.165, 1.54) is 7.11 Å². The smallest absolute Gasteiger partial charge is 0.410 e. The molecule has 3 aliphatic rings. The Kier molecular flexibility index (Phi) is 8.99. The zero-order valence-electron chi connectivity index (χ0n) is 24.0. The van der Waals surface area contributed by atoms with Crippen molar-refractivity contribution in [2.45, 2.75) is 122 Å². The van der Waals surface area contributed by atoms with Crippen molar-refractivity contribution >= 4 is 23.8 Å². The third-order valence-electron chi connectivity index (χ3n) is 8.43. The number of carbonyl (C=O) groups excluding carboxylic acids is 4. The van der Waals surface area contributed by atoms with Crippen LogP contribution in [0, 0.1) is 0 Å². The number of hydrogen-bond donors (Lipinski definition) is 2. The van der Waals surface area contributed by atoms with E-state index in [9.17, 15) is 19.2 Å². The van der Waals surface area contributed by atoms with Gasteiger partial charge in [-0.25, -0.2) is 4.79 Å². The maximum absolute atomic E-state index is 13.4. The lowest BCUT2D eigenvalue weighted by Crippen LogP contribution is -2.53. The fraction of sp³-hybridized carbons (Fsp3) is 0.667. The summed E-state index contributed by atoms with van der Waals surface area (Å²) in [5.41, 5.74) is 2.45. The summed E-state index contributed by atoms with van der Waals surface area (Å²) in [5.74, 6) is -0.805. The molecule has 2 heterocycles. The van der Waals surface area contributed by atoms with Crippen LogP contribution >= 0.6 is 0 Å². The molecule has 9 heteroatoms. The highest BCUT2D eigenvalue weighted by Gasteiger charge is 2.41. The van der Waals surface area contributed by atoms with Gasteiger partial charge in [-0.15, -0.1) is 0 Å². The Bertz CT molecular complexity index is 1090. The zero-order chi connectivity index (χ0) is 28.3. The van der Waals surface area contributed by atoms with Gasteiger partial charge in [-0.1, -0.05) is 31.9 Å². The summed E-state index contributed by atoms with van der Waals surface area (Å²) in [4.78, 5) is 53.6. The summed E-state index contributed by atoms with van der Waals surface area (Å²) in [7, 11) is 1.44. The van der Waals surface area contributed by atoms with E-state index in [0.717, 1.165) is 56.1 Å². The molecule has 0 bridgehead atoms. The number of imide groups is 1. The molecular formula is C30H44N4O5. The maximum Gasteiger partial charge on any atom is 0.410 e. The zero-order valence-corrected chi connectivity index (χ0v) is 24.0. The van der Waals surface area contributed by atoms with Crippen LogP contribution in [0.15, 0.2) is 18.2 Å². The van der Waals surface area contributed by atoms with E-state index in [2.05, 4.69) is 23.6 Å². The molecule has 0 unspecified atom stereocenters. The molecule has 4 rings (SSSR count). The van der Waals surface area contributed by atoms with Gasteiger partial charge in [0.15, 0.2) is 0 Å². The molecule has 2 N–H and O–H groups in total. The second kappa shape index (κ2) is 12.1. The van der Waals surface area contributed by atoms with E-state index in [-0.39, 0.29) is 47.9 Å². The number of methoxy groups -OCH3 is 1. The summed E-state index contributed by atoms with van der Waals surface area (Å²) in [6, 6.07) is 5.83. The van der Waals surface area contributed by atoms with Gasteiger partial charge >= 0.3 is 6.09 Å². The van der Waals surface area contributed by atoms with Crippen molar-refractivity contribution in [2.24, 2.45) is 0 Å². The van der Waals surface area contributed by atoms with Crippen LogP contribution in [0.1, 0.15) is 113 Å². The first-order valence-corrected chi connectivity index (χ1v) is 14.4. The van der Waals surface area contributed by atoms with Gasteiger partial charge in [-0.05, 0) is 76.5 Å². The molecule has 1 saturated carbocycles. The molecule has 2 atom stereocenters. The minimum Gasteiger partial charge on any atom is -0.453 e. The standard InChI is InChI=1S/C30H44N4O5/c1-6-7-11-24(31-19-12-14-20(15-13-19)34(29(38)39-5)30(2,3)4)21-9-8-10-22-23(21)18-33(28(22)37)25-16-17-26(35)32-27(25)36/h8-10,19-20,24-25,31H,6-7,11-18H2,1-5H3,(H,32,35,36)/t19?,20?,24-,25-/m1/s1. The Morgan fingerprint density at radius 2 is 1.87 bits per heavy atom. The molecule has 1 aromatic rings. The minimum atomic E-state index is -0.617. The number of nitrogens with one attached hydrogen (secondary N) is 2. The van der Waals surface area contributed by atoms with Gasteiger partial charge in [-0.2, -0.15) is 0 Å².